The van der Waals surface area contributed by atoms with Crippen LogP contribution >= 0.6 is 11.3 Å². The van der Waals surface area contributed by atoms with Gasteiger partial charge in [-0.2, -0.15) is 0 Å². The van der Waals surface area contributed by atoms with E-state index in [0.717, 1.165) is 13.0 Å². The highest BCUT2D eigenvalue weighted by atomic mass is 32.1. The minimum absolute atomic E-state index is 0.156. The Morgan fingerprint density at radius 3 is 2.37 bits per heavy atom. The molecule has 5 heteroatoms. The molecule has 2 heterocycles. The molecule has 1 unspecified atom stereocenters. The van der Waals surface area contributed by atoms with Gasteiger partial charge in [-0.25, -0.2) is 0 Å². The zero-order chi connectivity index (χ0) is 14.1. The van der Waals surface area contributed by atoms with Gasteiger partial charge in [0, 0.05) is 10.7 Å². The van der Waals surface area contributed by atoms with E-state index in [4.69, 9.17) is 9.31 Å². The molecule has 106 valence electrons. The van der Waals surface area contributed by atoms with Gasteiger partial charge < -0.3 is 14.6 Å². The van der Waals surface area contributed by atoms with Crippen LogP contribution in [0.25, 0.3) is 0 Å². The quantitative estimate of drug-likeness (QED) is 0.841. The third kappa shape index (κ3) is 3.05. The molecular weight excluding hydrogens is 257 g/mol. The predicted octanol–water partition coefficient (Wildman–Crippen LogP) is 3.07. The lowest BCUT2D eigenvalue weighted by Crippen LogP contribution is -2.41. The summed E-state index contributed by atoms with van der Waals surface area (Å²) in [5.41, 5.74) is -0.514. The number of thiophene rings is 1. The molecule has 0 radical (unpaired) electrons. The molecule has 2 rings (SSSR count). The Hall–Kier alpha value is -0.355. The predicted molar refractivity (Wildman–Crippen MR) is 81.7 cm³/mol. The second-order valence-corrected chi connectivity index (χ2v) is 7.12. The molecule has 0 amide bonds. The first kappa shape index (κ1) is 15.0. The Balaban J connectivity index is 2.17. The van der Waals surface area contributed by atoms with Gasteiger partial charge >= 0.3 is 7.12 Å². The number of hydrogen-bond acceptors (Lipinski definition) is 4. The highest BCUT2D eigenvalue weighted by Gasteiger charge is 2.53. The van der Waals surface area contributed by atoms with E-state index in [0.29, 0.717) is 5.82 Å². The van der Waals surface area contributed by atoms with Crippen molar-refractivity contribution in [3.8, 4) is 0 Å². The normalized spacial score (nSPS) is 22.7. The fourth-order valence-electron chi connectivity index (χ4n) is 2.27. The summed E-state index contributed by atoms with van der Waals surface area (Å²) in [6.45, 7) is 9.40. The highest BCUT2D eigenvalue weighted by molar-refractivity contribution is 7.10. The summed E-state index contributed by atoms with van der Waals surface area (Å²) in [7, 11) is 1.83. The zero-order valence-corrected chi connectivity index (χ0v) is 13.3. The van der Waals surface area contributed by atoms with Crippen molar-refractivity contribution < 1.29 is 9.31 Å². The molecule has 0 saturated carbocycles. The van der Waals surface area contributed by atoms with Gasteiger partial charge in [-0.15, -0.1) is 11.3 Å². The van der Waals surface area contributed by atoms with Gasteiger partial charge in [0.2, 0.25) is 0 Å². The van der Waals surface area contributed by atoms with Crippen molar-refractivity contribution in [2.24, 2.45) is 0 Å². The van der Waals surface area contributed by atoms with Crippen LogP contribution in [0.15, 0.2) is 17.5 Å². The van der Waals surface area contributed by atoms with E-state index >= 15 is 0 Å². The fourth-order valence-corrected chi connectivity index (χ4v) is 3.14. The number of hydrogen-bond donors (Lipinski definition) is 1. The first-order chi connectivity index (χ1) is 8.87. The van der Waals surface area contributed by atoms with Crippen LogP contribution < -0.4 is 5.32 Å². The molecule has 0 bridgehead atoms. The average Bonchev–Trinajstić information content (AvgIpc) is 2.87. The lowest BCUT2D eigenvalue weighted by atomic mass is 9.69. The van der Waals surface area contributed by atoms with E-state index < -0.39 is 0 Å². The Morgan fingerprint density at radius 2 is 1.89 bits per heavy atom. The topological polar surface area (TPSA) is 30.5 Å². The lowest BCUT2D eigenvalue weighted by molar-refractivity contribution is 0.00578. The van der Waals surface area contributed by atoms with E-state index in [-0.39, 0.29) is 18.3 Å². The second-order valence-electron chi connectivity index (χ2n) is 6.14. The molecule has 1 aromatic heterocycles. The van der Waals surface area contributed by atoms with Crippen molar-refractivity contribution in [3.05, 3.63) is 22.4 Å². The standard InChI is InChI=1S/C14H24BNO2S/c1-13(2)14(3,4)18-15(17-13)11(8-9-16-5)12-7-6-10-19-12/h6-7,10-11,16H,8-9H2,1-5H3. The van der Waals surface area contributed by atoms with Gasteiger partial charge in [-0.3, -0.25) is 0 Å². The van der Waals surface area contributed by atoms with Gasteiger partial charge in [0.15, 0.2) is 0 Å². The minimum atomic E-state index is -0.257. The van der Waals surface area contributed by atoms with Crippen LogP contribution in [0.1, 0.15) is 44.8 Å². The largest absolute Gasteiger partial charge is 0.466 e. The van der Waals surface area contributed by atoms with E-state index in [1.165, 1.54) is 4.88 Å². The van der Waals surface area contributed by atoms with Gasteiger partial charge in [-0.1, -0.05) is 6.07 Å². The van der Waals surface area contributed by atoms with Crippen molar-refractivity contribution in [1.29, 1.82) is 0 Å². The van der Waals surface area contributed by atoms with Crippen LogP contribution in [0.4, 0.5) is 0 Å². The van der Waals surface area contributed by atoms with Crippen LogP contribution in [0.2, 0.25) is 0 Å². The maximum absolute atomic E-state index is 6.20. The molecule has 1 N–H and O–H groups in total. The third-order valence-corrected chi connectivity index (χ3v) is 5.22. The summed E-state index contributed by atoms with van der Waals surface area (Å²) in [5, 5.41) is 5.34. The first-order valence-corrected chi connectivity index (χ1v) is 7.79. The van der Waals surface area contributed by atoms with Crippen LogP contribution in [0.3, 0.4) is 0 Å². The Labute approximate surface area is 120 Å². The van der Waals surface area contributed by atoms with Crippen molar-refractivity contribution in [3.63, 3.8) is 0 Å². The Kier molecular flexibility index (Phi) is 4.40. The molecule has 1 atom stereocenters. The maximum Gasteiger partial charge on any atom is 0.466 e. The van der Waals surface area contributed by atoms with E-state index in [1.54, 1.807) is 11.3 Å². The Morgan fingerprint density at radius 1 is 1.26 bits per heavy atom. The van der Waals surface area contributed by atoms with Crippen molar-refractivity contribution in [1.82, 2.24) is 5.32 Å². The average molecular weight is 281 g/mol. The summed E-state index contributed by atoms with van der Waals surface area (Å²) < 4.78 is 12.4. The zero-order valence-electron chi connectivity index (χ0n) is 12.5. The summed E-state index contributed by atoms with van der Waals surface area (Å²) in [6, 6.07) is 4.27. The van der Waals surface area contributed by atoms with E-state index in [1.807, 2.05) is 7.05 Å². The van der Waals surface area contributed by atoms with Gasteiger partial charge in [0.1, 0.15) is 0 Å². The minimum Gasteiger partial charge on any atom is -0.403 e. The van der Waals surface area contributed by atoms with Gasteiger partial charge in [0.25, 0.3) is 0 Å². The van der Waals surface area contributed by atoms with Crippen LogP contribution in [0.5, 0.6) is 0 Å². The smallest absolute Gasteiger partial charge is 0.403 e. The second kappa shape index (κ2) is 5.56. The van der Waals surface area contributed by atoms with Gasteiger partial charge in [0.05, 0.1) is 11.2 Å². The summed E-state index contributed by atoms with van der Waals surface area (Å²) in [4.78, 5) is 1.34. The number of nitrogens with one attached hydrogen (secondary N) is 1. The lowest BCUT2D eigenvalue weighted by Gasteiger charge is -2.32. The van der Waals surface area contributed by atoms with Crippen molar-refractivity contribution in [2.45, 2.75) is 51.1 Å². The monoisotopic (exact) mass is 281 g/mol. The van der Waals surface area contributed by atoms with Crippen molar-refractivity contribution in [2.75, 3.05) is 13.6 Å². The van der Waals surface area contributed by atoms with Gasteiger partial charge in [-0.05, 0) is 59.2 Å². The summed E-state index contributed by atoms with van der Waals surface area (Å²) >= 11 is 1.78. The highest BCUT2D eigenvalue weighted by Crippen LogP contribution is 2.42. The Bertz CT molecular complexity index is 390. The molecule has 3 nitrogen and oxygen atoms in total. The molecule has 0 spiro atoms. The summed E-state index contributed by atoms with van der Waals surface area (Å²) in [6.07, 6.45) is 1.02. The first-order valence-electron chi connectivity index (χ1n) is 6.91. The molecule has 0 aromatic carbocycles. The molecule has 1 aliphatic heterocycles. The molecule has 0 aliphatic carbocycles. The molecule has 1 saturated heterocycles. The third-order valence-electron chi connectivity index (χ3n) is 4.21. The number of rotatable bonds is 5. The SMILES string of the molecule is CNCCC(B1OC(C)(C)C(C)(C)O1)c1cccs1. The molecule has 1 aliphatic rings. The van der Waals surface area contributed by atoms with E-state index in [2.05, 4.69) is 50.5 Å². The molecular formula is C14H24BNO2S. The maximum atomic E-state index is 6.20. The van der Waals surface area contributed by atoms with Crippen LogP contribution in [-0.2, 0) is 9.31 Å². The van der Waals surface area contributed by atoms with Crippen molar-refractivity contribution >= 4 is 18.5 Å². The van der Waals surface area contributed by atoms with E-state index in [9.17, 15) is 0 Å². The van der Waals surface area contributed by atoms with Crippen LogP contribution in [-0.4, -0.2) is 31.9 Å². The summed E-state index contributed by atoms with van der Waals surface area (Å²) in [5.74, 6) is 0.300. The molecule has 19 heavy (non-hydrogen) atoms. The molecule has 1 fully saturated rings. The van der Waals surface area contributed by atoms with Crippen LogP contribution in [0, 0.1) is 0 Å². The molecule has 1 aromatic rings. The fraction of sp³-hybridized carbons (Fsp3) is 0.714.